The maximum absolute atomic E-state index is 12.9. The van der Waals surface area contributed by atoms with E-state index in [-0.39, 0.29) is 23.9 Å². The number of carbonyl (C=O) groups is 3. The van der Waals surface area contributed by atoms with Gasteiger partial charge in [-0.15, -0.1) is 0 Å². The van der Waals surface area contributed by atoms with Crippen molar-refractivity contribution in [2.75, 3.05) is 32.7 Å². The maximum atomic E-state index is 12.9. The van der Waals surface area contributed by atoms with Crippen molar-refractivity contribution in [2.45, 2.75) is 26.3 Å². The molecule has 1 atom stereocenters. The molecule has 8 heteroatoms. The summed E-state index contributed by atoms with van der Waals surface area (Å²) in [4.78, 5) is 44.7. The molecule has 3 heterocycles. The number of hydrogen-bond donors (Lipinski definition) is 2. The smallest absolute Gasteiger partial charge is 0.317 e. The van der Waals surface area contributed by atoms with Crippen LogP contribution >= 0.6 is 0 Å². The van der Waals surface area contributed by atoms with Crippen molar-refractivity contribution in [2.24, 2.45) is 5.41 Å². The lowest BCUT2D eigenvalue weighted by molar-refractivity contribution is -0.119. The summed E-state index contributed by atoms with van der Waals surface area (Å²) in [5, 5.41) is 5.77. The lowest BCUT2D eigenvalue weighted by Gasteiger charge is -2.32. The van der Waals surface area contributed by atoms with Gasteiger partial charge in [-0.25, -0.2) is 4.79 Å². The minimum Gasteiger partial charge on any atom is -0.355 e. The average Bonchev–Trinajstić information content (AvgIpc) is 2.86. The van der Waals surface area contributed by atoms with Gasteiger partial charge >= 0.3 is 6.03 Å². The highest BCUT2D eigenvalue weighted by molar-refractivity contribution is 5.94. The van der Waals surface area contributed by atoms with E-state index in [2.05, 4.69) is 15.6 Å². The molecule has 0 aliphatic carbocycles. The fraction of sp³-hybridized carbons (Fsp3) is 0.556. The number of amides is 4. The van der Waals surface area contributed by atoms with Crippen LogP contribution in [0.2, 0.25) is 0 Å². The van der Waals surface area contributed by atoms with Crippen molar-refractivity contribution in [3.63, 3.8) is 0 Å². The van der Waals surface area contributed by atoms with E-state index in [0.717, 1.165) is 0 Å². The van der Waals surface area contributed by atoms with Crippen LogP contribution < -0.4 is 10.6 Å². The molecule has 0 unspecified atom stereocenters. The third kappa shape index (κ3) is 3.95. The number of carbonyl (C=O) groups excluding carboxylic acids is 3. The minimum atomic E-state index is -0.454. The van der Waals surface area contributed by atoms with Gasteiger partial charge in [0.05, 0.1) is 0 Å². The van der Waals surface area contributed by atoms with Crippen LogP contribution in [0.25, 0.3) is 0 Å². The Morgan fingerprint density at radius 3 is 2.46 bits per heavy atom. The van der Waals surface area contributed by atoms with Gasteiger partial charge in [-0.05, 0) is 26.0 Å². The molecule has 8 nitrogen and oxygen atoms in total. The molecule has 140 valence electrons. The monoisotopic (exact) mass is 359 g/mol. The van der Waals surface area contributed by atoms with Crippen molar-refractivity contribution in [1.29, 1.82) is 0 Å². The number of rotatable bonds is 2. The summed E-state index contributed by atoms with van der Waals surface area (Å²) in [5.41, 5.74) is 0.109. The van der Waals surface area contributed by atoms with Crippen LogP contribution in [0.15, 0.2) is 24.5 Å². The standard InChI is InChI=1S/C18H25N5O3/c1-13(2)21-17(26)23-8-7-22(16(25)14-3-5-19-6-4-14)11-18(12-23)9-15(24)20-10-18/h3-6,13H,7-12H2,1-2H3,(H,20,24)(H,21,26)/t18-/m0/s1. The summed E-state index contributed by atoms with van der Waals surface area (Å²) in [6, 6.07) is 3.24. The number of urea groups is 1. The molecular formula is C18H25N5O3. The fourth-order valence-electron chi connectivity index (χ4n) is 3.60. The molecule has 1 spiro atoms. The summed E-state index contributed by atoms with van der Waals surface area (Å²) in [6.45, 7) is 6.05. The van der Waals surface area contributed by atoms with E-state index in [1.54, 1.807) is 34.3 Å². The van der Waals surface area contributed by atoms with Crippen LogP contribution in [0.4, 0.5) is 4.79 Å². The average molecular weight is 359 g/mol. The number of nitrogens with one attached hydrogen (secondary N) is 2. The summed E-state index contributed by atoms with van der Waals surface area (Å²) >= 11 is 0. The van der Waals surface area contributed by atoms with E-state index >= 15 is 0 Å². The molecule has 2 aliphatic heterocycles. The zero-order valence-electron chi connectivity index (χ0n) is 15.2. The first-order valence-corrected chi connectivity index (χ1v) is 8.90. The summed E-state index contributed by atoms with van der Waals surface area (Å²) in [6.07, 6.45) is 3.49. The van der Waals surface area contributed by atoms with Crippen LogP contribution in [0.3, 0.4) is 0 Å². The zero-order chi connectivity index (χ0) is 18.7. The largest absolute Gasteiger partial charge is 0.355 e. The summed E-state index contributed by atoms with van der Waals surface area (Å²) < 4.78 is 0. The Hall–Kier alpha value is -2.64. The first-order valence-electron chi connectivity index (χ1n) is 8.90. The summed E-state index contributed by atoms with van der Waals surface area (Å²) in [5.74, 6) is -0.135. The van der Waals surface area contributed by atoms with Gasteiger partial charge in [0.1, 0.15) is 0 Å². The molecule has 1 aromatic heterocycles. The Bertz CT molecular complexity index is 693. The van der Waals surface area contributed by atoms with Crippen molar-refractivity contribution >= 4 is 17.8 Å². The van der Waals surface area contributed by atoms with Crippen molar-refractivity contribution < 1.29 is 14.4 Å². The Morgan fingerprint density at radius 1 is 1.19 bits per heavy atom. The highest BCUT2D eigenvalue weighted by atomic mass is 16.2. The molecule has 2 saturated heterocycles. The second-order valence-corrected chi connectivity index (χ2v) is 7.44. The third-order valence-corrected chi connectivity index (χ3v) is 4.80. The minimum absolute atomic E-state index is 0.0274. The van der Waals surface area contributed by atoms with Gasteiger partial charge < -0.3 is 20.4 Å². The van der Waals surface area contributed by atoms with E-state index < -0.39 is 5.41 Å². The topological polar surface area (TPSA) is 94.6 Å². The van der Waals surface area contributed by atoms with Gasteiger partial charge in [-0.1, -0.05) is 0 Å². The molecule has 0 radical (unpaired) electrons. The van der Waals surface area contributed by atoms with E-state index in [1.807, 2.05) is 13.8 Å². The first kappa shape index (κ1) is 18.2. The van der Waals surface area contributed by atoms with Crippen molar-refractivity contribution in [3.05, 3.63) is 30.1 Å². The Labute approximate surface area is 152 Å². The van der Waals surface area contributed by atoms with Crippen molar-refractivity contribution in [3.8, 4) is 0 Å². The summed E-state index contributed by atoms with van der Waals surface area (Å²) in [7, 11) is 0. The van der Waals surface area contributed by atoms with Crippen LogP contribution in [0.1, 0.15) is 30.6 Å². The number of pyridine rings is 1. The SMILES string of the molecule is CC(C)NC(=O)N1CCN(C(=O)c2ccncc2)C[C@]2(CNC(=O)C2)C1. The molecule has 2 aliphatic rings. The van der Waals surface area contributed by atoms with E-state index in [1.165, 1.54) is 0 Å². The maximum Gasteiger partial charge on any atom is 0.317 e. The van der Waals surface area contributed by atoms with Gasteiger partial charge in [0, 0.05) is 68.6 Å². The number of nitrogens with zero attached hydrogens (tertiary/aromatic N) is 3. The van der Waals surface area contributed by atoms with Crippen LogP contribution in [-0.4, -0.2) is 71.4 Å². The van der Waals surface area contributed by atoms with E-state index in [4.69, 9.17) is 0 Å². The number of aromatic nitrogens is 1. The van der Waals surface area contributed by atoms with Gasteiger partial charge in [0.2, 0.25) is 5.91 Å². The molecule has 0 bridgehead atoms. The van der Waals surface area contributed by atoms with Crippen molar-refractivity contribution in [1.82, 2.24) is 25.4 Å². The van der Waals surface area contributed by atoms with E-state index in [0.29, 0.717) is 44.7 Å². The Kier molecular flexibility index (Phi) is 5.11. The predicted molar refractivity (Wildman–Crippen MR) is 95.4 cm³/mol. The molecule has 3 rings (SSSR count). The lowest BCUT2D eigenvalue weighted by atomic mass is 9.86. The van der Waals surface area contributed by atoms with Gasteiger partial charge in [-0.3, -0.25) is 14.6 Å². The Balaban J connectivity index is 1.82. The molecule has 2 fully saturated rings. The normalized spacial score (nSPS) is 23.1. The molecular weight excluding hydrogens is 334 g/mol. The number of hydrogen-bond acceptors (Lipinski definition) is 4. The second-order valence-electron chi connectivity index (χ2n) is 7.44. The van der Waals surface area contributed by atoms with Gasteiger partial charge in [0.15, 0.2) is 0 Å². The van der Waals surface area contributed by atoms with Gasteiger partial charge in [-0.2, -0.15) is 0 Å². The molecule has 2 N–H and O–H groups in total. The fourth-order valence-corrected chi connectivity index (χ4v) is 3.60. The highest BCUT2D eigenvalue weighted by Gasteiger charge is 2.45. The Morgan fingerprint density at radius 2 is 1.85 bits per heavy atom. The third-order valence-electron chi connectivity index (χ3n) is 4.80. The second kappa shape index (κ2) is 7.31. The molecule has 0 saturated carbocycles. The van der Waals surface area contributed by atoms with Crippen LogP contribution in [0.5, 0.6) is 0 Å². The van der Waals surface area contributed by atoms with E-state index in [9.17, 15) is 14.4 Å². The van der Waals surface area contributed by atoms with Crippen LogP contribution in [-0.2, 0) is 4.79 Å². The first-order chi connectivity index (χ1) is 12.4. The van der Waals surface area contributed by atoms with Crippen LogP contribution in [0, 0.1) is 5.41 Å². The highest BCUT2D eigenvalue weighted by Crippen LogP contribution is 2.31. The van der Waals surface area contributed by atoms with Gasteiger partial charge in [0.25, 0.3) is 5.91 Å². The molecule has 4 amide bonds. The molecule has 0 aromatic carbocycles. The molecule has 26 heavy (non-hydrogen) atoms. The quantitative estimate of drug-likeness (QED) is 0.802. The zero-order valence-corrected chi connectivity index (χ0v) is 15.2. The predicted octanol–water partition coefficient (Wildman–Crippen LogP) is 0.464. The molecule has 1 aromatic rings. The lowest BCUT2D eigenvalue weighted by Crippen LogP contribution is -2.48.